The first-order chi connectivity index (χ1) is 14.5. The summed E-state index contributed by atoms with van der Waals surface area (Å²) in [7, 11) is 0. The molecule has 30 heavy (non-hydrogen) atoms. The molecule has 0 unspecified atom stereocenters. The molecule has 0 saturated carbocycles. The second kappa shape index (κ2) is 10.4. The third kappa shape index (κ3) is 6.32. The summed E-state index contributed by atoms with van der Waals surface area (Å²) in [6.07, 6.45) is 0. The van der Waals surface area contributed by atoms with Gasteiger partial charge in [-0.3, -0.25) is 0 Å². The zero-order valence-electron chi connectivity index (χ0n) is 16.1. The Balaban J connectivity index is 1.74. The molecule has 152 valence electrons. The van der Waals surface area contributed by atoms with Gasteiger partial charge in [-0.2, -0.15) is 0 Å². The van der Waals surface area contributed by atoms with Gasteiger partial charge in [-0.25, -0.2) is 0 Å². The van der Waals surface area contributed by atoms with E-state index in [0.717, 1.165) is 4.35 Å². The summed E-state index contributed by atoms with van der Waals surface area (Å²) in [6, 6.07) is 24.8. The van der Waals surface area contributed by atoms with Gasteiger partial charge in [0.15, 0.2) is 0 Å². The molecular formula is C23H21AsN2O4. The Bertz CT molecular complexity index is 953. The number of anilines is 2. The van der Waals surface area contributed by atoms with Gasteiger partial charge in [0.05, 0.1) is 0 Å². The zero-order valence-corrected chi connectivity index (χ0v) is 18.0. The van der Waals surface area contributed by atoms with Crippen molar-refractivity contribution >= 4 is 48.2 Å². The first-order valence-electron chi connectivity index (χ1n) is 9.29. The van der Waals surface area contributed by atoms with E-state index in [9.17, 15) is 14.4 Å². The van der Waals surface area contributed by atoms with Crippen molar-refractivity contribution in [2.75, 3.05) is 10.6 Å². The number of aromatic carboxylic acids is 1. The number of rotatable bonds is 8. The second-order valence-electron chi connectivity index (χ2n) is 6.54. The molecule has 0 heterocycles. The fourth-order valence-corrected chi connectivity index (χ4v) is 6.83. The van der Waals surface area contributed by atoms with Crippen LogP contribution in [0, 0.1) is 0 Å². The number of para-hydroxylation sites is 2. The number of hydrogen-bond acceptors (Lipinski definition) is 3. The first kappa shape index (κ1) is 21.3. The summed E-state index contributed by atoms with van der Waals surface area (Å²) in [6.45, 7) is 0. The summed E-state index contributed by atoms with van der Waals surface area (Å²) in [4.78, 5) is 36.3. The molecule has 0 aliphatic heterocycles. The van der Waals surface area contributed by atoms with Crippen molar-refractivity contribution in [2.24, 2.45) is 0 Å². The quantitative estimate of drug-likeness (QED) is 0.446. The van der Waals surface area contributed by atoms with E-state index < -0.39 is 20.6 Å². The van der Waals surface area contributed by atoms with Gasteiger partial charge >= 0.3 is 179 Å². The number of carbonyl (C=O) groups is 3. The average Bonchev–Trinajstić information content (AvgIpc) is 2.74. The molecule has 3 aromatic carbocycles. The van der Waals surface area contributed by atoms with Crippen molar-refractivity contribution in [3.63, 3.8) is 0 Å². The fraction of sp³-hybridized carbons (Fsp3) is 0.0870. The molecule has 0 atom stereocenters. The van der Waals surface area contributed by atoms with Gasteiger partial charge in [0.1, 0.15) is 0 Å². The number of hydrogen-bond donors (Lipinski definition) is 3. The third-order valence-electron chi connectivity index (χ3n) is 4.26. The Morgan fingerprint density at radius 3 is 1.50 bits per heavy atom. The molecule has 0 fully saturated rings. The van der Waals surface area contributed by atoms with Crippen LogP contribution in [0.1, 0.15) is 10.4 Å². The predicted molar refractivity (Wildman–Crippen MR) is 119 cm³/mol. The van der Waals surface area contributed by atoms with Gasteiger partial charge < -0.3 is 0 Å². The average molecular weight is 464 g/mol. The summed E-state index contributed by atoms with van der Waals surface area (Å²) in [5, 5.41) is 15.3. The van der Waals surface area contributed by atoms with Crippen LogP contribution >= 0.6 is 0 Å². The summed E-state index contributed by atoms with van der Waals surface area (Å²) < 4.78 is 0.874. The van der Waals surface area contributed by atoms with E-state index in [1.807, 2.05) is 36.4 Å². The summed E-state index contributed by atoms with van der Waals surface area (Å²) >= 11 is -2.14. The van der Waals surface area contributed by atoms with Crippen LogP contribution < -0.4 is 15.0 Å². The SMILES string of the molecule is O=C(C[As](CC(=O)Nc1ccccc1)c1ccc(C(=O)O)cc1)Nc1ccccc1. The molecule has 0 spiro atoms. The van der Waals surface area contributed by atoms with Gasteiger partial charge in [0, 0.05) is 0 Å². The monoisotopic (exact) mass is 464 g/mol. The van der Waals surface area contributed by atoms with Crippen LogP contribution in [0.15, 0.2) is 84.9 Å². The van der Waals surface area contributed by atoms with Gasteiger partial charge in [0.2, 0.25) is 0 Å². The number of carboxylic acids is 1. The predicted octanol–water partition coefficient (Wildman–Crippen LogP) is 3.36. The molecule has 0 aromatic heterocycles. The Kier molecular flexibility index (Phi) is 7.41. The second-order valence-corrected chi connectivity index (χ2v) is 11.2. The zero-order chi connectivity index (χ0) is 21.3. The molecule has 0 bridgehead atoms. The molecule has 0 aliphatic rings. The Hall–Kier alpha value is -3.37. The van der Waals surface area contributed by atoms with E-state index >= 15 is 0 Å². The molecule has 2 amide bonds. The summed E-state index contributed by atoms with van der Waals surface area (Å²) in [5.41, 5.74) is 1.58. The van der Waals surface area contributed by atoms with Gasteiger partial charge in [-0.1, -0.05) is 0 Å². The van der Waals surface area contributed by atoms with Crippen molar-refractivity contribution < 1.29 is 19.5 Å². The van der Waals surface area contributed by atoms with Crippen LogP contribution in [0.2, 0.25) is 10.4 Å². The topological polar surface area (TPSA) is 95.5 Å². The van der Waals surface area contributed by atoms with E-state index in [0.29, 0.717) is 11.4 Å². The normalized spacial score (nSPS) is 10.4. The van der Waals surface area contributed by atoms with Crippen molar-refractivity contribution in [1.29, 1.82) is 0 Å². The molecule has 0 aliphatic carbocycles. The van der Waals surface area contributed by atoms with Crippen LogP contribution in [0.5, 0.6) is 0 Å². The van der Waals surface area contributed by atoms with Crippen LogP contribution in [0.3, 0.4) is 0 Å². The van der Waals surface area contributed by atoms with Crippen molar-refractivity contribution in [3.05, 3.63) is 90.5 Å². The molecule has 0 saturated heterocycles. The molecule has 3 aromatic rings. The molecular weight excluding hydrogens is 443 g/mol. The molecule has 0 radical (unpaired) electrons. The van der Waals surface area contributed by atoms with Crippen LogP contribution in [0.25, 0.3) is 0 Å². The number of benzene rings is 3. The van der Waals surface area contributed by atoms with E-state index in [1.54, 1.807) is 36.4 Å². The van der Waals surface area contributed by atoms with E-state index in [4.69, 9.17) is 5.11 Å². The fourth-order valence-electron chi connectivity index (χ4n) is 2.84. The van der Waals surface area contributed by atoms with E-state index in [-0.39, 0.29) is 27.8 Å². The minimum absolute atomic E-state index is 0.156. The van der Waals surface area contributed by atoms with Crippen molar-refractivity contribution in [1.82, 2.24) is 0 Å². The van der Waals surface area contributed by atoms with Crippen LogP contribution in [-0.4, -0.2) is 37.5 Å². The minimum atomic E-state index is -2.14. The number of carbonyl (C=O) groups excluding carboxylic acids is 2. The van der Waals surface area contributed by atoms with Gasteiger partial charge in [-0.05, 0) is 0 Å². The van der Waals surface area contributed by atoms with Crippen LogP contribution in [-0.2, 0) is 9.59 Å². The van der Waals surface area contributed by atoms with Crippen molar-refractivity contribution in [2.45, 2.75) is 10.4 Å². The Labute approximate surface area is 179 Å². The van der Waals surface area contributed by atoms with Crippen LogP contribution in [0.4, 0.5) is 11.4 Å². The molecule has 7 heteroatoms. The van der Waals surface area contributed by atoms with E-state index in [1.165, 1.54) is 12.1 Å². The Morgan fingerprint density at radius 1 is 0.667 bits per heavy atom. The van der Waals surface area contributed by atoms with Gasteiger partial charge in [0.25, 0.3) is 0 Å². The number of carboxylic acid groups (broad SMARTS) is 1. The molecule has 6 nitrogen and oxygen atoms in total. The maximum absolute atomic E-state index is 12.6. The molecule has 3 rings (SSSR count). The first-order valence-corrected chi connectivity index (χ1v) is 12.9. The summed E-state index contributed by atoms with van der Waals surface area (Å²) in [5.74, 6) is -1.32. The number of amides is 2. The Morgan fingerprint density at radius 2 is 1.10 bits per heavy atom. The third-order valence-corrected chi connectivity index (χ3v) is 9.23. The standard InChI is InChI=1S/C23H21AsN2O4/c27-21(25-19-7-3-1-4-8-19)15-24(18-13-11-17(12-14-18)23(29)30)16-22(28)26-20-9-5-2-6-10-20/h1-14H,15-16H2,(H,25,27)(H,26,28)(H,29,30). The number of nitrogens with one attached hydrogen (secondary N) is 2. The van der Waals surface area contributed by atoms with Gasteiger partial charge in [-0.15, -0.1) is 0 Å². The van der Waals surface area contributed by atoms with E-state index in [2.05, 4.69) is 10.6 Å². The maximum atomic E-state index is 12.6. The van der Waals surface area contributed by atoms with Crippen molar-refractivity contribution in [3.8, 4) is 0 Å². The molecule has 3 N–H and O–H groups in total.